The Morgan fingerprint density at radius 1 is 1.24 bits per heavy atom. The second-order valence-corrected chi connectivity index (χ2v) is 5.48. The minimum absolute atomic E-state index is 0.646. The van der Waals surface area contributed by atoms with Gasteiger partial charge in [0.1, 0.15) is 5.75 Å². The number of ether oxygens (including phenoxy) is 1. The third kappa shape index (κ3) is 3.07. The minimum Gasteiger partial charge on any atom is -0.493 e. The molecule has 3 rings (SSSR count). The Bertz CT molecular complexity index is 684. The van der Waals surface area contributed by atoms with Gasteiger partial charge in [-0.25, -0.2) is 4.79 Å². The van der Waals surface area contributed by atoms with Crippen molar-refractivity contribution in [3.05, 3.63) is 48.0 Å². The van der Waals surface area contributed by atoms with Crippen molar-refractivity contribution in [2.75, 3.05) is 6.61 Å². The average molecular weight is 282 g/mol. The van der Waals surface area contributed by atoms with Crippen LogP contribution in [0.5, 0.6) is 5.75 Å². The number of rotatable bonds is 5. The zero-order valence-corrected chi connectivity index (χ0v) is 11.8. The van der Waals surface area contributed by atoms with E-state index in [2.05, 4.69) is 0 Å². The molecule has 0 aliphatic heterocycles. The molecule has 3 nitrogen and oxygen atoms in total. The SMILES string of the molecule is O=C(O)C=Cc1c(OCC2CCC2)ccc2ccccc12. The van der Waals surface area contributed by atoms with Crippen molar-refractivity contribution >= 4 is 22.8 Å². The van der Waals surface area contributed by atoms with Crippen LogP contribution in [0.4, 0.5) is 0 Å². The van der Waals surface area contributed by atoms with Gasteiger partial charge in [0.25, 0.3) is 0 Å². The summed E-state index contributed by atoms with van der Waals surface area (Å²) < 4.78 is 5.94. The van der Waals surface area contributed by atoms with Crippen LogP contribution in [0.1, 0.15) is 24.8 Å². The molecule has 3 heteroatoms. The number of carboxylic acids is 1. The van der Waals surface area contributed by atoms with E-state index in [1.807, 2.05) is 36.4 Å². The van der Waals surface area contributed by atoms with Crippen molar-refractivity contribution in [2.24, 2.45) is 5.92 Å². The molecule has 1 aliphatic carbocycles. The number of fused-ring (bicyclic) bond motifs is 1. The maximum absolute atomic E-state index is 10.8. The lowest BCUT2D eigenvalue weighted by Gasteiger charge is -2.25. The molecular formula is C18H18O3. The van der Waals surface area contributed by atoms with Crippen LogP contribution >= 0.6 is 0 Å². The normalized spacial score (nSPS) is 15.2. The molecule has 2 aromatic carbocycles. The van der Waals surface area contributed by atoms with Crippen LogP contribution in [0.15, 0.2) is 42.5 Å². The third-order valence-electron chi connectivity index (χ3n) is 4.02. The van der Waals surface area contributed by atoms with E-state index in [9.17, 15) is 4.79 Å². The number of carbonyl (C=O) groups is 1. The molecule has 1 fully saturated rings. The van der Waals surface area contributed by atoms with Crippen molar-refractivity contribution in [2.45, 2.75) is 19.3 Å². The summed E-state index contributed by atoms with van der Waals surface area (Å²) in [5, 5.41) is 11.0. The standard InChI is InChI=1S/C18H18O3/c19-18(20)11-9-16-15-7-2-1-6-14(15)8-10-17(16)21-12-13-4-3-5-13/h1-2,6-11,13H,3-5,12H2,(H,19,20). The van der Waals surface area contributed by atoms with E-state index in [1.165, 1.54) is 19.3 Å². The van der Waals surface area contributed by atoms with E-state index < -0.39 is 5.97 Å². The Morgan fingerprint density at radius 3 is 2.76 bits per heavy atom. The molecule has 0 heterocycles. The summed E-state index contributed by atoms with van der Waals surface area (Å²) in [7, 11) is 0. The van der Waals surface area contributed by atoms with E-state index in [0.717, 1.165) is 28.2 Å². The number of hydrogen-bond donors (Lipinski definition) is 1. The van der Waals surface area contributed by atoms with Gasteiger partial charge in [0.15, 0.2) is 0 Å². The first-order valence-electron chi connectivity index (χ1n) is 7.29. The lowest BCUT2D eigenvalue weighted by Crippen LogP contribution is -2.19. The zero-order valence-electron chi connectivity index (χ0n) is 11.8. The summed E-state index contributed by atoms with van der Waals surface area (Å²) in [4.78, 5) is 10.8. The van der Waals surface area contributed by atoms with Crippen molar-refractivity contribution in [3.8, 4) is 5.75 Å². The fourth-order valence-corrected chi connectivity index (χ4v) is 2.60. The second kappa shape index (κ2) is 6.00. The van der Waals surface area contributed by atoms with Crippen LogP contribution < -0.4 is 4.74 Å². The van der Waals surface area contributed by atoms with E-state index in [0.29, 0.717) is 12.5 Å². The predicted molar refractivity (Wildman–Crippen MR) is 83.5 cm³/mol. The summed E-state index contributed by atoms with van der Waals surface area (Å²) >= 11 is 0. The Kier molecular flexibility index (Phi) is 3.91. The highest BCUT2D eigenvalue weighted by molar-refractivity contribution is 5.96. The molecule has 0 saturated heterocycles. The Balaban J connectivity index is 1.96. The summed E-state index contributed by atoms with van der Waals surface area (Å²) in [6.07, 6.45) is 6.54. The van der Waals surface area contributed by atoms with Gasteiger partial charge in [-0.1, -0.05) is 36.8 Å². The van der Waals surface area contributed by atoms with Gasteiger partial charge in [-0.3, -0.25) is 0 Å². The fraction of sp³-hybridized carbons (Fsp3) is 0.278. The Labute approximate surface area is 123 Å². The maximum Gasteiger partial charge on any atom is 0.328 e. The van der Waals surface area contributed by atoms with Crippen LogP contribution in [0.25, 0.3) is 16.8 Å². The van der Waals surface area contributed by atoms with Crippen LogP contribution in [-0.2, 0) is 4.79 Å². The smallest absolute Gasteiger partial charge is 0.328 e. The van der Waals surface area contributed by atoms with Crippen LogP contribution in [0, 0.1) is 5.92 Å². The van der Waals surface area contributed by atoms with Crippen LogP contribution in [0.3, 0.4) is 0 Å². The second-order valence-electron chi connectivity index (χ2n) is 5.48. The maximum atomic E-state index is 10.8. The first-order valence-corrected chi connectivity index (χ1v) is 7.29. The lowest BCUT2D eigenvalue weighted by molar-refractivity contribution is -0.131. The highest BCUT2D eigenvalue weighted by Crippen LogP contribution is 2.32. The zero-order chi connectivity index (χ0) is 14.7. The van der Waals surface area contributed by atoms with Crippen LogP contribution in [-0.4, -0.2) is 17.7 Å². The molecule has 0 bridgehead atoms. The van der Waals surface area contributed by atoms with Gasteiger partial charge in [-0.2, -0.15) is 0 Å². The first kappa shape index (κ1) is 13.7. The van der Waals surface area contributed by atoms with E-state index in [-0.39, 0.29) is 0 Å². The molecule has 0 amide bonds. The van der Waals surface area contributed by atoms with Gasteiger partial charge in [0.05, 0.1) is 6.61 Å². The molecule has 2 aromatic rings. The van der Waals surface area contributed by atoms with Gasteiger partial charge >= 0.3 is 5.97 Å². The molecule has 1 N–H and O–H groups in total. The number of aliphatic carboxylic acids is 1. The molecule has 0 aromatic heterocycles. The molecule has 1 aliphatic rings. The molecule has 0 spiro atoms. The highest BCUT2D eigenvalue weighted by Gasteiger charge is 2.18. The monoisotopic (exact) mass is 282 g/mol. The van der Waals surface area contributed by atoms with Gasteiger partial charge < -0.3 is 9.84 Å². The number of hydrogen-bond acceptors (Lipinski definition) is 2. The minimum atomic E-state index is -0.951. The summed E-state index contributed by atoms with van der Waals surface area (Å²) in [5.41, 5.74) is 0.842. The molecule has 1 saturated carbocycles. The molecule has 0 unspecified atom stereocenters. The summed E-state index contributed by atoms with van der Waals surface area (Å²) in [6.45, 7) is 0.715. The fourth-order valence-electron chi connectivity index (χ4n) is 2.60. The largest absolute Gasteiger partial charge is 0.493 e. The van der Waals surface area contributed by atoms with E-state index in [1.54, 1.807) is 6.08 Å². The summed E-state index contributed by atoms with van der Waals surface area (Å²) in [5.74, 6) is 0.457. The quantitative estimate of drug-likeness (QED) is 0.839. The molecular weight excluding hydrogens is 264 g/mol. The van der Waals surface area contributed by atoms with Gasteiger partial charge in [-0.05, 0) is 41.7 Å². The highest BCUT2D eigenvalue weighted by atomic mass is 16.5. The first-order chi connectivity index (χ1) is 10.2. The molecule has 21 heavy (non-hydrogen) atoms. The van der Waals surface area contributed by atoms with Crippen molar-refractivity contribution in [1.29, 1.82) is 0 Å². The van der Waals surface area contributed by atoms with Crippen molar-refractivity contribution < 1.29 is 14.6 Å². The summed E-state index contributed by atoms with van der Waals surface area (Å²) in [6, 6.07) is 11.9. The van der Waals surface area contributed by atoms with Gasteiger partial charge in [0, 0.05) is 11.6 Å². The number of carboxylic acid groups (broad SMARTS) is 1. The van der Waals surface area contributed by atoms with Gasteiger partial charge in [0.2, 0.25) is 0 Å². The Hall–Kier alpha value is -2.29. The van der Waals surface area contributed by atoms with Crippen molar-refractivity contribution in [1.82, 2.24) is 0 Å². The molecule has 0 atom stereocenters. The Morgan fingerprint density at radius 2 is 2.05 bits per heavy atom. The molecule has 0 radical (unpaired) electrons. The van der Waals surface area contributed by atoms with Gasteiger partial charge in [-0.15, -0.1) is 0 Å². The lowest BCUT2D eigenvalue weighted by atomic mass is 9.86. The van der Waals surface area contributed by atoms with E-state index in [4.69, 9.17) is 9.84 Å². The van der Waals surface area contributed by atoms with Crippen molar-refractivity contribution in [3.63, 3.8) is 0 Å². The predicted octanol–water partition coefficient (Wildman–Crippen LogP) is 4.12. The molecule has 108 valence electrons. The third-order valence-corrected chi connectivity index (χ3v) is 4.02. The van der Waals surface area contributed by atoms with E-state index >= 15 is 0 Å². The number of benzene rings is 2. The van der Waals surface area contributed by atoms with Crippen LogP contribution in [0.2, 0.25) is 0 Å². The topological polar surface area (TPSA) is 46.5 Å². The average Bonchev–Trinajstić information content (AvgIpc) is 2.43.